The smallest absolute Gasteiger partial charge is 0.263 e. The van der Waals surface area contributed by atoms with Crippen LogP contribution < -0.4 is 10.5 Å². The summed E-state index contributed by atoms with van der Waals surface area (Å²) in [6.07, 6.45) is 1.56. The lowest BCUT2D eigenvalue weighted by molar-refractivity contribution is 0.601. The molecule has 0 atom stereocenters. The molecule has 2 rings (SSSR count). The minimum atomic E-state index is -3.64. The third kappa shape index (κ3) is 3.30. The van der Waals surface area contributed by atoms with Crippen LogP contribution in [0.3, 0.4) is 0 Å². The van der Waals surface area contributed by atoms with E-state index in [1.165, 1.54) is 0 Å². The van der Waals surface area contributed by atoms with Gasteiger partial charge in [0.2, 0.25) is 0 Å². The number of anilines is 1. The van der Waals surface area contributed by atoms with Crippen LogP contribution in [0.4, 0.5) is 5.69 Å². The van der Waals surface area contributed by atoms with Crippen LogP contribution in [0, 0.1) is 13.8 Å². The van der Waals surface area contributed by atoms with Gasteiger partial charge in [-0.05, 0) is 53.0 Å². The van der Waals surface area contributed by atoms with Crippen molar-refractivity contribution in [2.45, 2.75) is 25.3 Å². The number of benzene rings is 1. The van der Waals surface area contributed by atoms with Crippen LogP contribution in [-0.4, -0.2) is 13.0 Å². The van der Waals surface area contributed by atoms with E-state index in [2.05, 4.69) is 20.7 Å². The number of nitrogens with one attached hydrogen (secondary N) is 1. The third-order valence-corrected chi connectivity index (χ3v) is 5.21. The molecule has 0 aliphatic heterocycles. The molecule has 0 spiro atoms. The first-order valence-electron chi connectivity index (χ1n) is 6.39. The molecule has 0 amide bonds. The number of rotatable bonds is 4. The van der Waals surface area contributed by atoms with Gasteiger partial charge in [-0.25, -0.2) is 8.42 Å². The normalized spacial score (nSPS) is 11.7. The number of aromatic nitrogens is 1. The molecular weight excluding hydrogens is 354 g/mol. The molecule has 1 heterocycles. The van der Waals surface area contributed by atoms with Crippen LogP contribution in [0.1, 0.15) is 16.8 Å². The van der Waals surface area contributed by atoms with Crippen molar-refractivity contribution in [3.63, 3.8) is 0 Å². The minimum Gasteiger partial charge on any atom is -0.352 e. The molecule has 0 fully saturated rings. The Morgan fingerprint density at radius 2 is 1.95 bits per heavy atom. The molecule has 114 valence electrons. The Labute approximate surface area is 133 Å². The minimum absolute atomic E-state index is 0.206. The summed E-state index contributed by atoms with van der Waals surface area (Å²) in [5.41, 5.74) is 8.82. The van der Waals surface area contributed by atoms with E-state index in [1.54, 1.807) is 23.9 Å². The maximum atomic E-state index is 12.5. The summed E-state index contributed by atoms with van der Waals surface area (Å²) < 4.78 is 30.0. The van der Waals surface area contributed by atoms with Gasteiger partial charge in [0, 0.05) is 30.0 Å². The second-order valence-electron chi connectivity index (χ2n) is 5.03. The van der Waals surface area contributed by atoms with Crippen molar-refractivity contribution >= 4 is 31.6 Å². The van der Waals surface area contributed by atoms with E-state index in [1.807, 2.05) is 26.0 Å². The number of halogens is 1. The quantitative estimate of drug-likeness (QED) is 0.866. The Morgan fingerprint density at radius 1 is 1.29 bits per heavy atom. The second-order valence-corrected chi connectivity index (χ2v) is 7.56. The van der Waals surface area contributed by atoms with Crippen LogP contribution in [0.2, 0.25) is 0 Å². The highest BCUT2D eigenvalue weighted by molar-refractivity contribution is 9.10. The average molecular weight is 372 g/mol. The van der Waals surface area contributed by atoms with Gasteiger partial charge in [-0.3, -0.25) is 4.72 Å². The van der Waals surface area contributed by atoms with Gasteiger partial charge in [-0.2, -0.15) is 0 Å². The van der Waals surface area contributed by atoms with Gasteiger partial charge >= 0.3 is 0 Å². The standard InChI is InChI=1S/C14H18BrN3O2S/c1-9-4-10(2)14(13(15)5-9)17-21(19,20)12-6-11(7-16)18(3)8-12/h4-6,8,17H,7,16H2,1-3H3. The fourth-order valence-corrected chi connectivity index (χ4v) is 4.31. The van der Waals surface area contributed by atoms with Gasteiger partial charge in [-0.15, -0.1) is 0 Å². The summed E-state index contributed by atoms with van der Waals surface area (Å²) in [5, 5.41) is 0. The lowest BCUT2D eigenvalue weighted by atomic mass is 10.1. The van der Waals surface area contributed by atoms with E-state index < -0.39 is 10.0 Å². The van der Waals surface area contributed by atoms with Gasteiger partial charge in [0.05, 0.1) is 5.69 Å². The van der Waals surface area contributed by atoms with Crippen molar-refractivity contribution in [3.8, 4) is 0 Å². The predicted octanol–water partition coefficient (Wildman–Crippen LogP) is 2.66. The van der Waals surface area contributed by atoms with Crippen molar-refractivity contribution in [3.05, 3.63) is 45.7 Å². The SMILES string of the molecule is Cc1cc(C)c(NS(=O)(=O)c2cc(CN)n(C)c2)c(Br)c1. The van der Waals surface area contributed by atoms with Crippen LogP contribution in [0.25, 0.3) is 0 Å². The average Bonchev–Trinajstić information content (AvgIpc) is 2.76. The van der Waals surface area contributed by atoms with Gasteiger partial charge in [0.25, 0.3) is 10.0 Å². The number of hydrogen-bond acceptors (Lipinski definition) is 3. The Balaban J connectivity index is 2.42. The molecule has 2 aromatic rings. The van der Waals surface area contributed by atoms with E-state index in [4.69, 9.17) is 5.73 Å². The summed E-state index contributed by atoms with van der Waals surface area (Å²) >= 11 is 3.40. The van der Waals surface area contributed by atoms with Crippen LogP contribution in [0.5, 0.6) is 0 Å². The molecule has 0 aliphatic carbocycles. The summed E-state index contributed by atoms with van der Waals surface area (Å²) in [5.74, 6) is 0. The molecule has 21 heavy (non-hydrogen) atoms. The molecule has 0 unspecified atom stereocenters. The number of hydrogen-bond donors (Lipinski definition) is 2. The Hall–Kier alpha value is -1.31. The first-order valence-corrected chi connectivity index (χ1v) is 8.67. The molecule has 0 saturated heterocycles. The topological polar surface area (TPSA) is 77.1 Å². The predicted molar refractivity (Wildman–Crippen MR) is 87.7 cm³/mol. The molecule has 0 radical (unpaired) electrons. The van der Waals surface area contributed by atoms with Crippen molar-refractivity contribution in [2.75, 3.05) is 4.72 Å². The summed E-state index contributed by atoms with van der Waals surface area (Å²) in [4.78, 5) is 0.206. The second kappa shape index (κ2) is 5.82. The zero-order valence-electron chi connectivity index (χ0n) is 12.1. The summed E-state index contributed by atoms with van der Waals surface area (Å²) in [7, 11) is -1.87. The first-order chi connectivity index (χ1) is 9.74. The lowest BCUT2D eigenvalue weighted by Crippen LogP contribution is -2.13. The van der Waals surface area contributed by atoms with Gasteiger partial charge in [0.15, 0.2) is 0 Å². The molecule has 3 N–H and O–H groups in total. The first kappa shape index (κ1) is 16.1. The van der Waals surface area contributed by atoms with Gasteiger partial charge < -0.3 is 10.3 Å². The lowest BCUT2D eigenvalue weighted by Gasteiger charge is -2.12. The largest absolute Gasteiger partial charge is 0.352 e. The molecule has 1 aromatic heterocycles. The number of nitrogens with two attached hydrogens (primary N) is 1. The summed E-state index contributed by atoms with van der Waals surface area (Å²) in [6, 6.07) is 5.39. The number of aryl methyl sites for hydroxylation is 3. The number of nitrogens with zero attached hydrogens (tertiary/aromatic N) is 1. The highest BCUT2D eigenvalue weighted by Gasteiger charge is 2.19. The Morgan fingerprint density at radius 3 is 2.48 bits per heavy atom. The van der Waals surface area contributed by atoms with E-state index in [-0.39, 0.29) is 4.90 Å². The van der Waals surface area contributed by atoms with Crippen molar-refractivity contribution < 1.29 is 8.42 Å². The maximum absolute atomic E-state index is 12.5. The molecule has 0 bridgehead atoms. The fourth-order valence-electron chi connectivity index (χ4n) is 2.17. The van der Waals surface area contributed by atoms with E-state index >= 15 is 0 Å². The van der Waals surface area contributed by atoms with E-state index in [0.29, 0.717) is 12.2 Å². The monoisotopic (exact) mass is 371 g/mol. The van der Waals surface area contributed by atoms with Crippen LogP contribution in [-0.2, 0) is 23.6 Å². The highest BCUT2D eigenvalue weighted by atomic mass is 79.9. The molecule has 5 nitrogen and oxygen atoms in total. The van der Waals surface area contributed by atoms with Gasteiger partial charge in [-0.1, -0.05) is 6.07 Å². The summed E-state index contributed by atoms with van der Waals surface area (Å²) in [6.45, 7) is 4.12. The van der Waals surface area contributed by atoms with Crippen molar-refractivity contribution in [1.82, 2.24) is 4.57 Å². The Kier molecular flexibility index (Phi) is 4.46. The van der Waals surface area contributed by atoms with E-state index in [9.17, 15) is 8.42 Å². The zero-order valence-corrected chi connectivity index (χ0v) is 14.5. The molecular formula is C14H18BrN3O2S. The van der Waals surface area contributed by atoms with Gasteiger partial charge in [0.1, 0.15) is 4.90 Å². The maximum Gasteiger partial charge on any atom is 0.263 e. The fraction of sp³-hybridized carbons (Fsp3) is 0.286. The molecule has 0 saturated carbocycles. The molecule has 7 heteroatoms. The van der Waals surface area contributed by atoms with Crippen LogP contribution >= 0.6 is 15.9 Å². The highest BCUT2D eigenvalue weighted by Crippen LogP contribution is 2.30. The van der Waals surface area contributed by atoms with E-state index in [0.717, 1.165) is 21.3 Å². The molecule has 0 aliphatic rings. The Bertz CT molecular complexity index is 759. The molecule has 1 aromatic carbocycles. The van der Waals surface area contributed by atoms with Crippen molar-refractivity contribution in [1.29, 1.82) is 0 Å². The zero-order chi connectivity index (χ0) is 15.8. The third-order valence-electron chi connectivity index (χ3n) is 3.27. The van der Waals surface area contributed by atoms with Crippen LogP contribution in [0.15, 0.2) is 33.8 Å². The number of sulfonamides is 1. The van der Waals surface area contributed by atoms with Crippen molar-refractivity contribution in [2.24, 2.45) is 12.8 Å².